The summed E-state index contributed by atoms with van der Waals surface area (Å²) < 4.78 is 7.89. The van der Waals surface area contributed by atoms with E-state index in [4.69, 9.17) is 15.1 Å². The second-order valence-electron chi connectivity index (χ2n) is 6.40. The van der Waals surface area contributed by atoms with Crippen LogP contribution in [-0.4, -0.2) is 9.55 Å². The molecule has 0 aliphatic rings. The maximum atomic E-state index is 5.74. The van der Waals surface area contributed by atoms with Gasteiger partial charge in [-0.1, -0.05) is 6.07 Å². The number of nitrogens with zero attached hydrogens (tertiary/aromatic N) is 2. The van der Waals surface area contributed by atoms with Crippen LogP contribution in [0.4, 0.5) is 0 Å². The molecule has 0 radical (unpaired) electrons. The smallest absolute Gasteiger partial charge is 0.178 e. The molecule has 2 heterocycles. The van der Waals surface area contributed by atoms with Gasteiger partial charge in [0.15, 0.2) is 11.6 Å². The summed E-state index contributed by atoms with van der Waals surface area (Å²) in [5.74, 6) is 1.70. The summed E-state index contributed by atoms with van der Waals surface area (Å²) in [6.07, 6.45) is 1.71. The van der Waals surface area contributed by atoms with E-state index in [9.17, 15) is 0 Å². The molecule has 0 spiro atoms. The monoisotopic (exact) mass is 283 g/mol. The highest BCUT2D eigenvalue weighted by Gasteiger charge is 2.24. The Balaban J connectivity index is 2.35. The molecule has 0 amide bonds. The van der Waals surface area contributed by atoms with Crippen molar-refractivity contribution in [1.29, 1.82) is 0 Å². The molecular formula is C17H21N3O. The van der Waals surface area contributed by atoms with Gasteiger partial charge in [-0.2, -0.15) is 0 Å². The van der Waals surface area contributed by atoms with Gasteiger partial charge < -0.3 is 14.7 Å². The van der Waals surface area contributed by atoms with Crippen LogP contribution < -0.4 is 5.73 Å². The molecule has 0 saturated heterocycles. The van der Waals surface area contributed by atoms with Gasteiger partial charge in [0.25, 0.3) is 0 Å². The maximum absolute atomic E-state index is 5.74. The number of rotatable bonds is 2. The Morgan fingerprint density at radius 3 is 2.57 bits per heavy atom. The molecule has 0 saturated carbocycles. The first-order chi connectivity index (χ1) is 9.91. The van der Waals surface area contributed by atoms with Gasteiger partial charge >= 0.3 is 0 Å². The van der Waals surface area contributed by atoms with Crippen molar-refractivity contribution in [3.8, 4) is 11.6 Å². The highest BCUT2D eigenvalue weighted by atomic mass is 16.3. The normalized spacial score (nSPS) is 12.2. The molecule has 0 aliphatic heterocycles. The first kappa shape index (κ1) is 13.9. The number of fused-ring (bicyclic) bond motifs is 1. The molecule has 4 nitrogen and oxygen atoms in total. The zero-order chi connectivity index (χ0) is 15.2. The number of furan rings is 1. The predicted octanol–water partition coefficient (Wildman–Crippen LogP) is 3.82. The van der Waals surface area contributed by atoms with Crippen LogP contribution in [0.5, 0.6) is 0 Å². The van der Waals surface area contributed by atoms with Gasteiger partial charge in [0.2, 0.25) is 0 Å². The van der Waals surface area contributed by atoms with Gasteiger partial charge in [0.1, 0.15) is 0 Å². The predicted molar refractivity (Wildman–Crippen MR) is 85.1 cm³/mol. The van der Waals surface area contributed by atoms with Crippen molar-refractivity contribution in [2.45, 2.75) is 39.8 Å². The number of benzene rings is 1. The second-order valence-corrected chi connectivity index (χ2v) is 6.40. The minimum atomic E-state index is -0.0897. The third kappa shape index (κ3) is 2.25. The van der Waals surface area contributed by atoms with Gasteiger partial charge in [-0.3, -0.25) is 0 Å². The Morgan fingerprint density at radius 2 is 2.00 bits per heavy atom. The van der Waals surface area contributed by atoms with Crippen LogP contribution in [-0.2, 0) is 12.1 Å². The van der Waals surface area contributed by atoms with Gasteiger partial charge in [-0.05, 0) is 57.0 Å². The fourth-order valence-electron chi connectivity index (χ4n) is 2.69. The lowest BCUT2D eigenvalue weighted by atomic mass is 10.1. The molecule has 0 fully saturated rings. The van der Waals surface area contributed by atoms with E-state index in [0.717, 1.165) is 33.7 Å². The van der Waals surface area contributed by atoms with E-state index in [-0.39, 0.29) is 5.54 Å². The molecule has 2 N–H and O–H groups in total. The summed E-state index contributed by atoms with van der Waals surface area (Å²) in [4.78, 5) is 4.80. The zero-order valence-electron chi connectivity index (χ0n) is 13.0. The van der Waals surface area contributed by atoms with Gasteiger partial charge in [0, 0.05) is 12.1 Å². The molecule has 1 aromatic carbocycles. The third-order valence-electron chi connectivity index (χ3n) is 3.69. The molecule has 0 atom stereocenters. The quantitative estimate of drug-likeness (QED) is 0.778. The summed E-state index contributed by atoms with van der Waals surface area (Å²) >= 11 is 0. The number of aromatic nitrogens is 2. The molecule has 3 rings (SSSR count). The molecule has 110 valence electrons. The van der Waals surface area contributed by atoms with Crippen LogP contribution >= 0.6 is 0 Å². The fourth-order valence-corrected chi connectivity index (χ4v) is 2.69. The summed E-state index contributed by atoms with van der Waals surface area (Å²) in [5, 5.41) is 0. The Bertz CT molecular complexity index is 790. The molecule has 4 heteroatoms. The summed E-state index contributed by atoms with van der Waals surface area (Å²) in [5.41, 5.74) is 9.89. The van der Waals surface area contributed by atoms with Crippen LogP contribution in [0.2, 0.25) is 0 Å². The second kappa shape index (κ2) is 4.74. The van der Waals surface area contributed by atoms with Crippen LogP contribution in [0.25, 0.3) is 22.6 Å². The van der Waals surface area contributed by atoms with Crippen LogP contribution in [0, 0.1) is 6.92 Å². The van der Waals surface area contributed by atoms with Crippen molar-refractivity contribution in [3.63, 3.8) is 0 Å². The average Bonchev–Trinajstić information content (AvgIpc) is 2.99. The maximum Gasteiger partial charge on any atom is 0.178 e. The van der Waals surface area contributed by atoms with Crippen molar-refractivity contribution in [1.82, 2.24) is 9.55 Å². The van der Waals surface area contributed by atoms with E-state index < -0.39 is 0 Å². The minimum absolute atomic E-state index is 0.0897. The molecule has 3 aromatic rings. The number of hydrogen-bond acceptors (Lipinski definition) is 3. The van der Waals surface area contributed by atoms with E-state index in [2.05, 4.69) is 43.5 Å². The summed E-state index contributed by atoms with van der Waals surface area (Å²) in [6.45, 7) is 9.08. The van der Waals surface area contributed by atoms with E-state index in [1.54, 1.807) is 6.26 Å². The molecule has 0 unspecified atom stereocenters. The van der Waals surface area contributed by atoms with E-state index >= 15 is 0 Å². The number of imidazole rings is 1. The molecule has 0 aliphatic carbocycles. The van der Waals surface area contributed by atoms with E-state index in [1.165, 1.54) is 0 Å². The van der Waals surface area contributed by atoms with Crippen LogP contribution in [0.3, 0.4) is 0 Å². The van der Waals surface area contributed by atoms with Crippen molar-refractivity contribution < 1.29 is 4.42 Å². The van der Waals surface area contributed by atoms with E-state index in [0.29, 0.717) is 6.54 Å². The first-order valence-electron chi connectivity index (χ1n) is 7.18. The average molecular weight is 283 g/mol. The molecule has 0 bridgehead atoms. The fraction of sp³-hybridized carbons (Fsp3) is 0.353. The van der Waals surface area contributed by atoms with Crippen LogP contribution in [0.1, 0.15) is 31.9 Å². The zero-order valence-corrected chi connectivity index (χ0v) is 13.0. The SMILES string of the molecule is Cc1ccoc1-c1nc2cc(CN)ccc2n1C(C)(C)C. The lowest BCUT2D eigenvalue weighted by Crippen LogP contribution is -2.22. The Morgan fingerprint density at radius 1 is 1.24 bits per heavy atom. The highest BCUT2D eigenvalue weighted by Crippen LogP contribution is 2.33. The first-order valence-corrected chi connectivity index (χ1v) is 7.18. The molecule has 2 aromatic heterocycles. The largest absolute Gasteiger partial charge is 0.461 e. The topological polar surface area (TPSA) is 57.0 Å². The number of hydrogen-bond donors (Lipinski definition) is 1. The third-order valence-corrected chi connectivity index (χ3v) is 3.69. The van der Waals surface area contributed by atoms with Crippen LogP contribution in [0.15, 0.2) is 34.9 Å². The Labute approximate surface area is 124 Å². The highest BCUT2D eigenvalue weighted by molar-refractivity contribution is 5.81. The van der Waals surface area contributed by atoms with Crippen molar-refractivity contribution in [3.05, 3.63) is 41.7 Å². The Hall–Kier alpha value is -2.07. The standard InChI is InChI=1S/C17H21N3O/c1-11-7-8-21-15(11)16-19-13-9-12(10-18)5-6-14(13)20(16)17(2,3)4/h5-9H,10,18H2,1-4H3. The van der Waals surface area contributed by atoms with E-state index in [1.807, 2.05) is 13.0 Å². The summed E-state index contributed by atoms with van der Waals surface area (Å²) in [6, 6.07) is 8.18. The number of nitrogens with two attached hydrogens (primary N) is 1. The van der Waals surface area contributed by atoms with Crippen molar-refractivity contribution in [2.75, 3.05) is 0 Å². The van der Waals surface area contributed by atoms with Crippen molar-refractivity contribution >= 4 is 11.0 Å². The Kier molecular flexibility index (Phi) is 3.14. The minimum Gasteiger partial charge on any atom is -0.461 e. The van der Waals surface area contributed by atoms with Gasteiger partial charge in [-0.25, -0.2) is 4.98 Å². The molecular weight excluding hydrogens is 262 g/mol. The van der Waals surface area contributed by atoms with Gasteiger partial charge in [0.05, 0.1) is 17.3 Å². The van der Waals surface area contributed by atoms with Crippen molar-refractivity contribution in [2.24, 2.45) is 5.73 Å². The number of aryl methyl sites for hydroxylation is 1. The lowest BCUT2D eigenvalue weighted by molar-refractivity contribution is 0.408. The molecule has 21 heavy (non-hydrogen) atoms. The van der Waals surface area contributed by atoms with Gasteiger partial charge in [-0.15, -0.1) is 0 Å². The summed E-state index contributed by atoms with van der Waals surface area (Å²) in [7, 11) is 0. The lowest BCUT2D eigenvalue weighted by Gasteiger charge is -2.24.